The quantitative estimate of drug-likeness (QED) is 0.414. The molecule has 1 aromatic rings. The third kappa shape index (κ3) is 4.63. The lowest BCUT2D eigenvalue weighted by Gasteiger charge is -2.14. The molecular weight excluding hydrogens is 270 g/mol. The average Bonchev–Trinajstić information content (AvgIpc) is 2.38. The molecule has 0 aliphatic rings. The van der Waals surface area contributed by atoms with E-state index in [2.05, 4.69) is 23.8 Å². The van der Waals surface area contributed by atoms with Crippen LogP contribution in [0.25, 0.3) is 0 Å². The van der Waals surface area contributed by atoms with Crippen LogP contribution in [0.2, 0.25) is 5.15 Å². The Balaban J connectivity index is 2.71. The maximum Gasteiger partial charge on any atom is 0.367 e. The molecule has 1 aromatic heterocycles. The molecule has 1 unspecified atom stereocenters. The van der Waals surface area contributed by atoms with Crippen LogP contribution in [0.4, 0.5) is 5.69 Å². The molecule has 106 valence electrons. The largest absolute Gasteiger partial charge is 0.472 e. The van der Waals surface area contributed by atoms with Gasteiger partial charge in [0.25, 0.3) is 5.88 Å². The standard InChI is InChI=1S/C12H18ClN3O3/c1-3-5-6-9(4-2)7-19-12-10(16(17)18)11(13)14-8-15-12/h8-9H,3-7H2,1-2H3. The number of ether oxygens (including phenoxy) is 1. The monoisotopic (exact) mass is 287 g/mol. The van der Waals surface area contributed by atoms with Crippen LogP contribution < -0.4 is 4.74 Å². The van der Waals surface area contributed by atoms with Crippen LogP contribution in [0.15, 0.2) is 6.33 Å². The first kappa shape index (κ1) is 15.6. The van der Waals surface area contributed by atoms with Gasteiger partial charge >= 0.3 is 5.69 Å². The SMILES string of the molecule is CCCCC(CC)COc1ncnc(Cl)c1[N+](=O)[O-]. The Bertz CT molecular complexity index is 429. The first-order chi connectivity index (χ1) is 9.10. The second-order valence-electron chi connectivity index (χ2n) is 4.30. The van der Waals surface area contributed by atoms with Gasteiger partial charge in [0.15, 0.2) is 0 Å². The molecule has 0 saturated heterocycles. The number of hydrogen-bond acceptors (Lipinski definition) is 5. The fraction of sp³-hybridized carbons (Fsp3) is 0.667. The van der Waals surface area contributed by atoms with Crippen molar-refractivity contribution >= 4 is 17.3 Å². The molecule has 0 aromatic carbocycles. The van der Waals surface area contributed by atoms with Crippen molar-refractivity contribution in [1.82, 2.24) is 9.97 Å². The predicted molar refractivity (Wildman–Crippen MR) is 72.5 cm³/mol. The number of hydrogen-bond donors (Lipinski definition) is 0. The molecule has 7 heteroatoms. The Kier molecular flexibility index (Phi) is 6.49. The maximum atomic E-state index is 10.9. The van der Waals surface area contributed by atoms with Crippen molar-refractivity contribution in [2.45, 2.75) is 39.5 Å². The molecule has 1 atom stereocenters. The van der Waals surface area contributed by atoms with Crippen molar-refractivity contribution in [3.8, 4) is 5.88 Å². The van der Waals surface area contributed by atoms with Crippen LogP contribution in [0.5, 0.6) is 5.88 Å². The summed E-state index contributed by atoms with van der Waals surface area (Å²) in [7, 11) is 0. The van der Waals surface area contributed by atoms with Gasteiger partial charge in [0.05, 0.1) is 11.5 Å². The van der Waals surface area contributed by atoms with Gasteiger partial charge in [-0.25, -0.2) is 4.98 Å². The molecule has 0 N–H and O–H groups in total. The van der Waals surface area contributed by atoms with E-state index in [0.717, 1.165) is 32.0 Å². The van der Waals surface area contributed by atoms with Gasteiger partial charge in [0, 0.05) is 0 Å². The molecule has 1 heterocycles. The van der Waals surface area contributed by atoms with Gasteiger partial charge in [0.1, 0.15) is 6.33 Å². The predicted octanol–water partition coefficient (Wildman–Crippen LogP) is 3.63. The number of nitrogens with zero attached hydrogens (tertiary/aromatic N) is 3. The maximum absolute atomic E-state index is 10.9. The zero-order chi connectivity index (χ0) is 14.3. The Hall–Kier alpha value is -1.43. The van der Waals surface area contributed by atoms with Gasteiger partial charge in [-0.15, -0.1) is 0 Å². The van der Waals surface area contributed by atoms with Crippen molar-refractivity contribution in [2.24, 2.45) is 5.92 Å². The summed E-state index contributed by atoms with van der Waals surface area (Å²) in [5.41, 5.74) is -0.366. The summed E-state index contributed by atoms with van der Waals surface area (Å²) >= 11 is 5.68. The molecule has 1 rings (SSSR count). The van der Waals surface area contributed by atoms with Gasteiger partial charge in [0.2, 0.25) is 5.15 Å². The summed E-state index contributed by atoms with van der Waals surface area (Å²) in [5.74, 6) is 0.313. The highest BCUT2D eigenvalue weighted by molar-refractivity contribution is 6.31. The zero-order valence-corrected chi connectivity index (χ0v) is 11.9. The molecule has 0 amide bonds. The molecule has 0 spiro atoms. The van der Waals surface area contributed by atoms with Gasteiger partial charge in [-0.3, -0.25) is 10.1 Å². The molecule has 6 nitrogen and oxygen atoms in total. The van der Waals surface area contributed by atoms with Crippen molar-refractivity contribution in [2.75, 3.05) is 6.61 Å². The summed E-state index contributed by atoms with van der Waals surface area (Å²) in [6.45, 7) is 4.61. The molecular formula is C12H18ClN3O3. The number of halogens is 1. The van der Waals surface area contributed by atoms with Gasteiger partial charge in [-0.1, -0.05) is 44.7 Å². The average molecular weight is 288 g/mol. The van der Waals surface area contributed by atoms with Crippen LogP contribution in [0.1, 0.15) is 39.5 Å². The van der Waals surface area contributed by atoms with Crippen molar-refractivity contribution in [1.29, 1.82) is 0 Å². The summed E-state index contributed by atoms with van der Waals surface area (Å²) in [4.78, 5) is 17.6. The molecule has 0 bridgehead atoms. The lowest BCUT2D eigenvalue weighted by Crippen LogP contribution is -2.13. The van der Waals surface area contributed by atoms with Crippen molar-refractivity contribution in [3.05, 3.63) is 21.6 Å². The molecule has 19 heavy (non-hydrogen) atoms. The van der Waals surface area contributed by atoms with Crippen LogP contribution in [0.3, 0.4) is 0 Å². The van der Waals surface area contributed by atoms with E-state index in [4.69, 9.17) is 16.3 Å². The highest BCUT2D eigenvalue weighted by atomic mass is 35.5. The number of nitro groups is 1. The fourth-order valence-electron chi connectivity index (χ4n) is 1.70. The lowest BCUT2D eigenvalue weighted by molar-refractivity contribution is -0.386. The molecule has 0 saturated carbocycles. The normalized spacial score (nSPS) is 12.2. The lowest BCUT2D eigenvalue weighted by atomic mass is 10.0. The van der Waals surface area contributed by atoms with E-state index in [1.165, 1.54) is 0 Å². The second-order valence-corrected chi connectivity index (χ2v) is 4.66. The smallest absolute Gasteiger partial charge is 0.367 e. The minimum absolute atomic E-state index is 0.0556. The molecule has 0 aliphatic heterocycles. The van der Waals surface area contributed by atoms with Gasteiger partial charge in [-0.05, 0) is 12.3 Å². The van der Waals surface area contributed by atoms with Gasteiger partial charge < -0.3 is 4.74 Å². The topological polar surface area (TPSA) is 78.2 Å². The van der Waals surface area contributed by atoms with Crippen molar-refractivity contribution < 1.29 is 9.66 Å². The van der Waals surface area contributed by atoms with E-state index in [-0.39, 0.29) is 16.7 Å². The third-order valence-electron chi connectivity index (χ3n) is 2.93. The Morgan fingerprint density at radius 3 is 2.79 bits per heavy atom. The summed E-state index contributed by atoms with van der Waals surface area (Å²) in [6, 6.07) is 0. The zero-order valence-electron chi connectivity index (χ0n) is 11.1. The first-order valence-corrected chi connectivity index (χ1v) is 6.75. The number of rotatable bonds is 8. The first-order valence-electron chi connectivity index (χ1n) is 6.37. The highest BCUT2D eigenvalue weighted by Gasteiger charge is 2.23. The second kappa shape index (κ2) is 7.89. The van der Waals surface area contributed by atoms with E-state index in [9.17, 15) is 10.1 Å². The van der Waals surface area contributed by atoms with Gasteiger partial charge in [-0.2, -0.15) is 4.98 Å². The number of aromatic nitrogens is 2. The molecule has 0 radical (unpaired) electrons. The third-order valence-corrected chi connectivity index (χ3v) is 3.20. The summed E-state index contributed by atoms with van der Waals surface area (Å²) < 4.78 is 5.45. The fourth-order valence-corrected chi connectivity index (χ4v) is 1.89. The van der Waals surface area contributed by atoms with Crippen molar-refractivity contribution in [3.63, 3.8) is 0 Å². The number of unbranched alkanes of at least 4 members (excludes halogenated alkanes) is 1. The van der Waals surface area contributed by atoms with E-state index in [1.807, 2.05) is 0 Å². The molecule has 0 aliphatic carbocycles. The Morgan fingerprint density at radius 2 is 2.21 bits per heavy atom. The molecule has 0 fully saturated rings. The Morgan fingerprint density at radius 1 is 1.47 bits per heavy atom. The summed E-state index contributed by atoms with van der Waals surface area (Å²) in [6.07, 6.45) is 5.41. The summed E-state index contributed by atoms with van der Waals surface area (Å²) in [5, 5.41) is 10.7. The highest BCUT2D eigenvalue weighted by Crippen LogP contribution is 2.30. The van der Waals surface area contributed by atoms with E-state index in [1.54, 1.807) is 0 Å². The van der Waals surface area contributed by atoms with Crippen LogP contribution >= 0.6 is 11.6 Å². The van der Waals surface area contributed by atoms with E-state index < -0.39 is 4.92 Å². The van der Waals surface area contributed by atoms with Crippen LogP contribution in [0, 0.1) is 16.0 Å². The van der Waals surface area contributed by atoms with Crippen LogP contribution in [-0.4, -0.2) is 21.5 Å². The van der Waals surface area contributed by atoms with E-state index >= 15 is 0 Å². The minimum atomic E-state index is -0.620. The Labute approximate surface area is 117 Å². The van der Waals surface area contributed by atoms with E-state index in [0.29, 0.717) is 12.5 Å². The van der Waals surface area contributed by atoms with Crippen LogP contribution in [-0.2, 0) is 0 Å². The minimum Gasteiger partial charge on any atom is -0.472 e.